The Labute approximate surface area is 192 Å². The molecule has 0 aliphatic heterocycles. The summed E-state index contributed by atoms with van der Waals surface area (Å²) in [6.45, 7) is 4.35. The second kappa shape index (κ2) is 8.84. The monoisotopic (exact) mass is 503 g/mol. The number of carbonyl (C=O) groups is 1. The fraction of sp³-hybridized carbons (Fsp3) is 0.318. The SMILES string of the molecule is CC(C)(c1ccc(Oc2nnc(Br)s2)cc1)c1ccc(O[C@H]2C[C@H](NC(=O)O)C2)cc1. The first-order chi connectivity index (χ1) is 14.8. The highest BCUT2D eigenvalue weighted by Crippen LogP contribution is 2.35. The largest absolute Gasteiger partial charge is 0.490 e. The van der Waals surface area contributed by atoms with E-state index >= 15 is 0 Å². The third-order valence-corrected chi connectivity index (χ3v) is 6.70. The van der Waals surface area contributed by atoms with Crippen LogP contribution in [0.5, 0.6) is 16.7 Å². The molecule has 4 rings (SSSR count). The summed E-state index contributed by atoms with van der Waals surface area (Å²) in [6.07, 6.45) is 0.462. The Balaban J connectivity index is 1.37. The van der Waals surface area contributed by atoms with Gasteiger partial charge >= 0.3 is 6.09 Å². The standard InChI is InChI=1S/C22H22BrN3O4S/c1-22(2,14-5-9-17(10-6-14)30-21-26-25-19(23)31-21)13-3-7-16(8-4-13)29-18-11-15(12-18)24-20(27)28/h3-10,15,18,24H,11-12H2,1-2H3,(H,27,28)/t15-,18-. The number of hydrogen-bond donors (Lipinski definition) is 2. The van der Waals surface area contributed by atoms with E-state index in [-0.39, 0.29) is 17.6 Å². The van der Waals surface area contributed by atoms with Gasteiger partial charge in [0.15, 0.2) is 3.92 Å². The number of hydrogen-bond acceptors (Lipinski definition) is 6. The van der Waals surface area contributed by atoms with E-state index in [4.69, 9.17) is 14.6 Å². The summed E-state index contributed by atoms with van der Waals surface area (Å²) >= 11 is 4.61. The lowest BCUT2D eigenvalue weighted by Crippen LogP contribution is -2.48. The number of amides is 1. The van der Waals surface area contributed by atoms with Gasteiger partial charge in [0.1, 0.15) is 17.6 Å². The van der Waals surface area contributed by atoms with Crippen LogP contribution in [-0.4, -0.2) is 33.5 Å². The van der Waals surface area contributed by atoms with E-state index in [1.54, 1.807) is 0 Å². The number of carboxylic acid groups (broad SMARTS) is 1. The van der Waals surface area contributed by atoms with Crippen LogP contribution in [0.25, 0.3) is 0 Å². The zero-order valence-electron chi connectivity index (χ0n) is 17.0. The Morgan fingerprint density at radius 2 is 1.65 bits per heavy atom. The molecule has 0 unspecified atom stereocenters. The Hall–Kier alpha value is -2.65. The first-order valence-electron chi connectivity index (χ1n) is 9.83. The molecule has 1 saturated carbocycles. The van der Waals surface area contributed by atoms with Gasteiger partial charge in [-0.15, -0.1) is 5.10 Å². The van der Waals surface area contributed by atoms with Crippen molar-refractivity contribution in [3.05, 3.63) is 63.6 Å². The van der Waals surface area contributed by atoms with Crippen LogP contribution in [0.4, 0.5) is 4.79 Å². The molecule has 1 aromatic heterocycles. The fourth-order valence-electron chi connectivity index (χ4n) is 3.54. The van der Waals surface area contributed by atoms with E-state index in [0.717, 1.165) is 11.3 Å². The van der Waals surface area contributed by atoms with Crippen LogP contribution in [0.2, 0.25) is 0 Å². The molecular formula is C22H22BrN3O4S. The second-order valence-corrected chi connectivity index (χ2v) is 10.2. The minimum atomic E-state index is -0.983. The molecule has 3 aromatic rings. The molecule has 7 nitrogen and oxygen atoms in total. The smallest absolute Gasteiger partial charge is 0.404 e. The molecule has 2 aromatic carbocycles. The lowest BCUT2D eigenvalue weighted by atomic mass is 9.78. The first-order valence-corrected chi connectivity index (χ1v) is 11.4. The average Bonchev–Trinajstić information content (AvgIpc) is 3.11. The molecule has 0 atom stereocenters. The molecule has 1 amide bonds. The van der Waals surface area contributed by atoms with E-state index in [1.807, 2.05) is 24.3 Å². The van der Waals surface area contributed by atoms with Crippen molar-refractivity contribution in [2.75, 3.05) is 0 Å². The molecule has 2 N–H and O–H groups in total. The Morgan fingerprint density at radius 1 is 1.06 bits per heavy atom. The van der Waals surface area contributed by atoms with Gasteiger partial charge in [-0.25, -0.2) is 4.79 Å². The quantitative estimate of drug-likeness (QED) is 0.436. The third-order valence-electron chi connectivity index (χ3n) is 5.46. The van der Waals surface area contributed by atoms with Gasteiger partial charge in [0, 0.05) is 24.3 Å². The van der Waals surface area contributed by atoms with Gasteiger partial charge in [0.25, 0.3) is 5.19 Å². The van der Waals surface area contributed by atoms with Crippen molar-refractivity contribution in [2.24, 2.45) is 0 Å². The summed E-state index contributed by atoms with van der Waals surface area (Å²) in [5, 5.41) is 19.5. The van der Waals surface area contributed by atoms with Crippen molar-refractivity contribution >= 4 is 33.4 Å². The summed E-state index contributed by atoms with van der Waals surface area (Å²) in [7, 11) is 0. The van der Waals surface area contributed by atoms with Crippen LogP contribution in [0.3, 0.4) is 0 Å². The van der Waals surface area contributed by atoms with Crippen molar-refractivity contribution in [1.82, 2.24) is 15.5 Å². The number of benzene rings is 2. The van der Waals surface area contributed by atoms with E-state index in [0.29, 0.717) is 27.7 Å². The molecule has 31 heavy (non-hydrogen) atoms. The number of halogens is 1. The maximum absolute atomic E-state index is 10.7. The Kier molecular flexibility index (Phi) is 6.15. The van der Waals surface area contributed by atoms with Crippen LogP contribution in [0.1, 0.15) is 37.8 Å². The number of nitrogens with zero attached hydrogens (tertiary/aromatic N) is 2. The zero-order chi connectivity index (χ0) is 22.0. The topological polar surface area (TPSA) is 93.6 Å². The average molecular weight is 504 g/mol. The van der Waals surface area contributed by atoms with E-state index < -0.39 is 6.09 Å². The number of aromatic nitrogens is 2. The predicted octanol–water partition coefficient (Wildman–Crippen LogP) is 5.60. The third kappa shape index (κ3) is 5.16. The lowest BCUT2D eigenvalue weighted by Gasteiger charge is -2.35. The van der Waals surface area contributed by atoms with Crippen LogP contribution >= 0.6 is 27.3 Å². The highest BCUT2D eigenvalue weighted by Gasteiger charge is 2.32. The lowest BCUT2D eigenvalue weighted by molar-refractivity contribution is 0.0833. The normalized spacial score (nSPS) is 18.2. The van der Waals surface area contributed by atoms with Crippen LogP contribution in [-0.2, 0) is 5.41 Å². The van der Waals surface area contributed by atoms with Gasteiger partial charge in [0.05, 0.1) is 0 Å². The first kappa shape index (κ1) is 21.6. The Morgan fingerprint density at radius 3 is 2.16 bits per heavy atom. The number of ether oxygens (including phenoxy) is 2. The van der Waals surface area contributed by atoms with Gasteiger partial charge in [-0.05, 0) is 62.7 Å². The van der Waals surface area contributed by atoms with Crippen molar-refractivity contribution in [3.63, 3.8) is 0 Å². The summed E-state index contributed by atoms with van der Waals surface area (Å²) in [5.74, 6) is 1.51. The van der Waals surface area contributed by atoms with Gasteiger partial charge in [0.2, 0.25) is 0 Å². The van der Waals surface area contributed by atoms with E-state index in [1.165, 1.54) is 16.9 Å². The highest BCUT2D eigenvalue weighted by molar-refractivity contribution is 9.11. The molecule has 1 aliphatic rings. The summed E-state index contributed by atoms with van der Waals surface area (Å²) in [6, 6.07) is 16.1. The van der Waals surface area contributed by atoms with E-state index in [2.05, 4.69) is 69.6 Å². The minimum absolute atomic E-state index is 0.0129. The molecule has 9 heteroatoms. The molecule has 1 aliphatic carbocycles. The van der Waals surface area contributed by atoms with E-state index in [9.17, 15) is 4.79 Å². The number of rotatable bonds is 7. The van der Waals surface area contributed by atoms with Gasteiger partial charge < -0.3 is 19.9 Å². The summed E-state index contributed by atoms with van der Waals surface area (Å²) < 4.78 is 12.4. The minimum Gasteiger partial charge on any atom is -0.490 e. The maximum atomic E-state index is 10.7. The van der Waals surface area contributed by atoms with Crippen molar-refractivity contribution < 1.29 is 19.4 Å². The molecule has 0 radical (unpaired) electrons. The fourth-order valence-corrected chi connectivity index (χ4v) is 4.48. The predicted molar refractivity (Wildman–Crippen MR) is 121 cm³/mol. The molecule has 0 bridgehead atoms. The Bertz CT molecular complexity index is 1050. The molecule has 1 heterocycles. The molecular weight excluding hydrogens is 482 g/mol. The van der Waals surface area contributed by atoms with Crippen LogP contribution in [0.15, 0.2) is 52.4 Å². The summed E-state index contributed by atoms with van der Waals surface area (Å²) in [4.78, 5) is 10.7. The van der Waals surface area contributed by atoms with Gasteiger partial charge in [-0.3, -0.25) is 0 Å². The second-order valence-electron chi connectivity index (χ2n) is 7.95. The van der Waals surface area contributed by atoms with Gasteiger partial charge in [-0.1, -0.05) is 43.2 Å². The number of nitrogens with one attached hydrogen (secondary N) is 1. The van der Waals surface area contributed by atoms with Gasteiger partial charge in [-0.2, -0.15) is 0 Å². The van der Waals surface area contributed by atoms with Crippen molar-refractivity contribution in [1.29, 1.82) is 0 Å². The zero-order valence-corrected chi connectivity index (χ0v) is 19.4. The van der Waals surface area contributed by atoms with Crippen LogP contribution in [0, 0.1) is 0 Å². The summed E-state index contributed by atoms with van der Waals surface area (Å²) in [5.41, 5.74) is 2.13. The van der Waals surface area contributed by atoms with Crippen LogP contribution < -0.4 is 14.8 Å². The maximum Gasteiger partial charge on any atom is 0.404 e. The van der Waals surface area contributed by atoms with Crippen molar-refractivity contribution in [3.8, 4) is 16.7 Å². The molecule has 162 valence electrons. The molecule has 0 spiro atoms. The highest BCUT2D eigenvalue weighted by atomic mass is 79.9. The molecule has 0 saturated heterocycles. The van der Waals surface area contributed by atoms with Crippen molar-refractivity contribution in [2.45, 2.75) is 44.2 Å². The molecule has 1 fully saturated rings.